The summed E-state index contributed by atoms with van der Waals surface area (Å²) in [6.45, 7) is 4.94. The average Bonchev–Trinajstić information content (AvgIpc) is 2.54. The topological polar surface area (TPSA) is 56.8 Å². The molecule has 0 atom stereocenters. The van der Waals surface area contributed by atoms with Crippen LogP contribution in [-0.2, 0) is 11.4 Å². The van der Waals surface area contributed by atoms with Gasteiger partial charge in [-0.15, -0.1) is 0 Å². The number of nitrogens with two attached hydrogens (primary N) is 1. The van der Waals surface area contributed by atoms with E-state index in [1.165, 1.54) is 5.56 Å². The monoisotopic (exact) mass is 298 g/mol. The summed E-state index contributed by atoms with van der Waals surface area (Å²) < 4.78 is 5.48. The van der Waals surface area contributed by atoms with Crippen LogP contribution in [-0.4, -0.2) is 12.4 Å². The van der Waals surface area contributed by atoms with Gasteiger partial charge in [0.2, 0.25) is 0 Å². The van der Waals surface area contributed by atoms with Crippen molar-refractivity contribution in [3.05, 3.63) is 65.7 Å². The van der Waals surface area contributed by atoms with Gasteiger partial charge in [0, 0.05) is 0 Å². The highest BCUT2D eigenvalue weighted by atomic mass is 16.6. The molecule has 0 amide bonds. The van der Waals surface area contributed by atoms with Crippen LogP contribution in [0.5, 0.6) is 5.75 Å². The van der Waals surface area contributed by atoms with Crippen LogP contribution in [0, 0.1) is 0 Å². The van der Waals surface area contributed by atoms with Crippen LogP contribution in [0.25, 0.3) is 0 Å². The third kappa shape index (κ3) is 5.13. The zero-order valence-electron chi connectivity index (χ0n) is 13.0. The van der Waals surface area contributed by atoms with E-state index in [0.29, 0.717) is 18.4 Å². The van der Waals surface area contributed by atoms with E-state index in [1.54, 1.807) is 0 Å². The van der Waals surface area contributed by atoms with Crippen molar-refractivity contribution in [3.63, 3.8) is 0 Å². The summed E-state index contributed by atoms with van der Waals surface area (Å²) >= 11 is 0. The Hall–Kier alpha value is -2.49. The fourth-order valence-corrected chi connectivity index (χ4v) is 1.89. The normalized spacial score (nSPS) is 11.5. The maximum atomic E-state index is 5.75. The van der Waals surface area contributed by atoms with Crippen LogP contribution in [0.1, 0.15) is 30.9 Å². The predicted molar refractivity (Wildman–Crippen MR) is 88.9 cm³/mol. The smallest absolute Gasteiger partial charge is 0.177 e. The van der Waals surface area contributed by atoms with E-state index in [0.717, 1.165) is 11.3 Å². The van der Waals surface area contributed by atoms with Crippen molar-refractivity contribution < 1.29 is 9.57 Å². The Morgan fingerprint density at radius 3 is 2.36 bits per heavy atom. The number of hydrogen-bond acceptors (Lipinski definition) is 3. The molecule has 2 rings (SSSR count). The summed E-state index contributed by atoms with van der Waals surface area (Å²) in [5.41, 5.74) is 8.12. The summed E-state index contributed by atoms with van der Waals surface area (Å²) in [4.78, 5) is 5.25. The van der Waals surface area contributed by atoms with Crippen LogP contribution in [0.2, 0.25) is 0 Å². The molecule has 4 heteroatoms. The lowest BCUT2D eigenvalue weighted by Gasteiger charge is -2.07. The quantitative estimate of drug-likeness (QED) is 0.482. The number of rotatable bonds is 7. The van der Waals surface area contributed by atoms with Crippen molar-refractivity contribution in [1.29, 1.82) is 0 Å². The second kappa shape index (κ2) is 8.08. The Kier molecular flexibility index (Phi) is 5.83. The highest BCUT2D eigenvalue weighted by Gasteiger charge is 2.00. The van der Waals surface area contributed by atoms with E-state index in [2.05, 4.69) is 31.1 Å². The molecule has 22 heavy (non-hydrogen) atoms. The van der Waals surface area contributed by atoms with E-state index < -0.39 is 0 Å². The van der Waals surface area contributed by atoms with E-state index >= 15 is 0 Å². The Balaban J connectivity index is 1.76. The van der Waals surface area contributed by atoms with E-state index in [-0.39, 0.29) is 6.61 Å². The number of para-hydroxylation sites is 1. The molecular weight excluding hydrogens is 276 g/mol. The molecule has 0 heterocycles. The summed E-state index contributed by atoms with van der Waals surface area (Å²) in [5, 5.41) is 3.86. The predicted octanol–water partition coefficient (Wildman–Crippen LogP) is 3.68. The molecule has 0 aromatic heterocycles. The Bertz CT molecular complexity index is 592. The number of amidine groups is 1. The standard InChI is InChI=1S/C18H22N2O2/c1-14(2)16-10-8-15(9-11-16)12-22-20-18(19)13-21-17-6-4-3-5-7-17/h3-11,14H,12-13H2,1-2H3,(H2,19,20). The zero-order chi connectivity index (χ0) is 15.8. The maximum absolute atomic E-state index is 5.75. The van der Waals surface area contributed by atoms with Gasteiger partial charge in [-0.1, -0.05) is 61.5 Å². The first-order valence-corrected chi connectivity index (χ1v) is 7.36. The summed E-state index contributed by atoms with van der Waals surface area (Å²) in [6.07, 6.45) is 0. The van der Waals surface area contributed by atoms with Gasteiger partial charge in [-0.05, 0) is 29.2 Å². The molecule has 0 bridgehead atoms. The van der Waals surface area contributed by atoms with Gasteiger partial charge in [-0.2, -0.15) is 0 Å². The zero-order valence-corrected chi connectivity index (χ0v) is 13.0. The van der Waals surface area contributed by atoms with Gasteiger partial charge in [0.1, 0.15) is 19.0 Å². The highest BCUT2D eigenvalue weighted by molar-refractivity contribution is 5.81. The number of nitrogens with zero attached hydrogens (tertiary/aromatic N) is 1. The highest BCUT2D eigenvalue weighted by Crippen LogP contribution is 2.15. The molecule has 0 spiro atoms. The first kappa shape index (κ1) is 15.9. The maximum Gasteiger partial charge on any atom is 0.177 e. The van der Waals surface area contributed by atoms with Gasteiger partial charge in [0.05, 0.1) is 0 Å². The largest absolute Gasteiger partial charge is 0.486 e. The average molecular weight is 298 g/mol. The van der Waals surface area contributed by atoms with Crippen LogP contribution in [0.3, 0.4) is 0 Å². The number of benzene rings is 2. The minimum atomic E-state index is 0.205. The molecule has 0 fully saturated rings. The third-order valence-corrected chi connectivity index (χ3v) is 3.19. The molecule has 0 unspecified atom stereocenters. The molecule has 2 N–H and O–H groups in total. The molecule has 116 valence electrons. The summed E-state index contributed by atoms with van der Waals surface area (Å²) in [7, 11) is 0. The fourth-order valence-electron chi connectivity index (χ4n) is 1.89. The first-order valence-electron chi connectivity index (χ1n) is 7.36. The number of oxime groups is 1. The van der Waals surface area contributed by atoms with Gasteiger partial charge in [0.15, 0.2) is 5.84 Å². The van der Waals surface area contributed by atoms with Crippen LogP contribution < -0.4 is 10.5 Å². The Morgan fingerprint density at radius 1 is 1.05 bits per heavy atom. The first-order chi connectivity index (χ1) is 10.6. The molecule has 2 aromatic rings. The Labute approximate surface area is 131 Å². The van der Waals surface area contributed by atoms with E-state index in [1.807, 2.05) is 42.5 Å². The third-order valence-electron chi connectivity index (χ3n) is 3.19. The van der Waals surface area contributed by atoms with Crippen molar-refractivity contribution >= 4 is 5.84 Å². The van der Waals surface area contributed by atoms with Crippen molar-refractivity contribution in [3.8, 4) is 5.75 Å². The van der Waals surface area contributed by atoms with Crippen LogP contribution in [0.4, 0.5) is 0 Å². The second-order valence-corrected chi connectivity index (χ2v) is 5.35. The molecule has 0 aliphatic heterocycles. The lowest BCUT2D eigenvalue weighted by Crippen LogP contribution is -2.21. The second-order valence-electron chi connectivity index (χ2n) is 5.35. The number of ether oxygens (including phenoxy) is 1. The van der Waals surface area contributed by atoms with E-state index in [4.69, 9.17) is 15.3 Å². The number of hydrogen-bond donors (Lipinski definition) is 1. The van der Waals surface area contributed by atoms with Gasteiger partial charge < -0.3 is 15.3 Å². The molecule has 4 nitrogen and oxygen atoms in total. The summed E-state index contributed by atoms with van der Waals surface area (Å²) in [5.74, 6) is 1.59. The minimum absolute atomic E-state index is 0.205. The molecule has 0 radical (unpaired) electrons. The minimum Gasteiger partial charge on any atom is -0.486 e. The molecule has 2 aromatic carbocycles. The van der Waals surface area contributed by atoms with Crippen molar-refractivity contribution in [1.82, 2.24) is 0 Å². The van der Waals surface area contributed by atoms with Crippen molar-refractivity contribution in [2.24, 2.45) is 10.9 Å². The van der Waals surface area contributed by atoms with Gasteiger partial charge in [-0.25, -0.2) is 0 Å². The van der Waals surface area contributed by atoms with E-state index in [9.17, 15) is 0 Å². The van der Waals surface area contributed by atoms with Gasteiger partial charge in [-0.3, -0.25) is 0 Å². The van der Waals surface area contributed by atoms with Crippen LogP contribution in [0.15, 0.2) is 59.8 Å². The molecule has 0 aliphatic carbocycles. The van der Waals surface area contributed by atoms with Crippen molar-refractivity contribution in [2.45, 2.75) is 26.4 Å². The van der Waals surface area contributed by atoms with Gasteiger partial charge >= 0.3 is 0 Å². The fraction of sp³-hybridized carbons (Fsp3) is 0.278. The molecule has 0 saturated carbocycles. The van der Waals surface area contributed by atoms with Crippen molar-refractivity contribution in [2.75, 3.05) is 6.61 Å². The lowest BCUT2D eigenvalue weighted by atomic mass is 10.0. The van der Waals surface area contributed by atoms with Crippen LogP contribution >= 0.6 is 0 Å². The lowest BCUT2D eigenvalue weighted by molar-refractivity contribution is 0.128. The Morgan fingerprint density at radius 2 is 1.73 bits per heavy atom. The SMILES string of the molecule is CC(C)c1ccc(CO/N=C(\N)COc2ccccc2)cc1. The molecular formula is C18H22N2O2. The molecule has 0 saturated heterocycles. The van der Waals surface area contributed by atoms with Gasteiger partial charge in [0.25, 0.3) is 0 Å². The molecule has 0 aliphatic rings. The summed E-state index contributed by atoms with van der Waals surface area (Å²) in [6, 6.07) is 17.8.